The van der Waals surface area contributed by atoms with Gasteiger partial charge in [0.15, 0.2) is 0 Å². The Bertz CT molecular complexity index is 785. The number of hydroxylamine groups is 2. The van der Waals surface area contributed by atoms with Crippen LogP contribution in [0.4, 0.5) is 22.7 Å². The van der Waals surface area contributed by atoms with Gasteiger partial charge in [0.1, 0.15) is 0 Å². The molecule has 2 aromatic rings. The molecule has 0 spiro atoms. The van der Waals surface area contributed by atoms with E-state index in [4.69, 9.17) is 10.6 Å². The summed E-state index contributed by atoms with van der Waals surface area (Å²) < 4.78 is 0. The van der Waals surface area contributed by atoms with E-state index in [1.54, 1.807) is 25.2 Å². The third-order valence-corrected chi connectivity index (χ3v) is 4.87. The smallest absolute Gasteiger partial charge is 0.277 e. The molecule has 1 aliphatic rings. The first-order valence-corrected chi connectivity index (χ1v) is 9.00. The molecule has 0 aromatic heterocycles. The zero-order valence-electron chi connectivity index (χ0n) is 16.1. The van der Waals surface area contributed by atoms with Crippen LogP contribution >= 0.6 is 0 Å². The second-order valence-electron chi connectivity index (χ2n) is 6.75. The van der Waals surface area contributed by atoms with E-state index < -0.39 is 0 Å². The zero-order valence-corrected chi connectivity index (χ0v) is 16.1. The Kier molecular flexibility index (Phi) is 5.83. The average Bonchev–Trinajstić information content (AvgIpc) is 2.69. The first-order chi connectivity index (χ1) is 13.0. The molecule has 27 heavy (non-hydrogen) atoms. The highest BCUT2D eigenvalue weighted by atomic mass is 16.7. The van der Waals surface area contributed by atoms with Crippen molar-refractivity contribution in [2.75, 3.05) is 63.3 Å². The third-order valence-electron chi connectivity index (χ3n) is 4.87. The van der Waals surface area contributed by atoms with Crippen LogP contribution in [0.2, 0.25) is 0 Å². The lowest BCUT2D eigenvalue weighted by atomic mass is 10.1. The summed E-state index contributed by atoms with van der Waals surface area (Å²) >= 11 is 0. The van der Waals surface area contributed by atoms with Crippen LogP contribution in [0.3, 0.4) is 0 Å². The van der Waals surface area contributed by atoms with Crippen molar-refractivity contribution in [3.63, 3.8) is 0 Å². The van der Waals surface area contributed by atoms with Gasteiger partial charge in [-0.05, 0) is 49.5 Å². The van der Waals surface area contributed by atoms with E-state index in [1.807, 2.05) is 12.1 Å². The van der Waals surface area contributed by atoms with Gasteiger partial charge in [-0.2, -0.15) is 0 Å². The Hall–Kier alpha value is -2.77. The number of carbonyl (C=O) groups excluding carboxylic acids is 1. The van der Waals surface area contributed by atoms with E-state index in [0.29, 0.717) is 16.9 Å². The SMILES string of the molecule is CON(C)C(=O)c1ccc(N)c(Nc2ccc(N3CCN(C)CC3)cc2)c1. The highest BCUT2D eigenvalue weighted by Gasteiger charge is 2.15. The number of nitrogen functional groups attached to an aromatic ring is 1. The van der Waals surface area contributed by atoms with Crippen LogP contribution in [0.25, 0.3) is 0 Å². The van der Waals surface area contributed by atoms with Crippen LogP contribution in [0.15, 0.2) is 42.5 Å². The van der Waals surface area contributed by atoms with E-state index in [-0.39, 0.29) is 5.91 Å². The molecule has 1 saturated heterocycles. The first kappa shape index (κ1) is 19.0. The van der Waals surface area contributed by atoms with Gasteiger partial charge in [0.05, 0.1) is 18.5 Å². The number of nitrogens with one attached hydrogen (secondary N) is 1. The van der Waals surface area contributed by atoms with E-state index in [2.05, 4.69) is 34.3 Å². The summed E-state index contributed by atoms with van der Waals surface area (Å²) in [7, 11) is 5.18. The molecule has 0 radical (unpaired) electrons. The fraction of sp³-hybridized carbons (Fsp3) is 0.350. The number of nitrogens with zero attached hydrogens (tertiary/aromatic N) is 3. The number of rotatable bonds is 5. The Morgan fingerprint density at radius 3 is 2.41 bits per heavy atom. The summed E-state index contributed by atoms with van der Waals surface area (Å²) in [5, 5.41) is 4.48. The van der Waals surface area contributed by atoms with Crippen molar-refractivity contribution in [3.05, 3.63) is 48.0 Å². The van der Waals surface area contributed by atoms with Gasteiger partial charge >= 0.3 is 0 Å². The minimum absolute atomic E-state index is 0.231. The maximum absolute atomic E-state index is 12.3. The van der Waals surface area contributed by atoms with Crippen LogP contribution in [0.5, 0.6) is 0 Å². The van der Waals surface area contributed by atoms with Crippen molar-refractivity contribution in [2.45, 2.75) is 0 Å². The van der Waals surface area contributed by atoms with Crippen LogP contribution in [-0.2, 0) is 4.84 Å². The van der Waals surface area contributed by atoms with Crippen LogP contribution in [0.1, 0.15) is 10.4 Å². The highest BCUT2D eigenvalue weighted by molar-refractivity contribution is 5.95. The number of amides is 1. The number of nitrogens with two attached hydrogens (primary N) is 1. The van der Waals surface area contributed by atoms with Crippen LogP contribution in [-0.4, -0.2) is 63.3 Å². The Morgan fingerprint density at radius 2 is 1.78 bits per heavy atom. The Balaban J connectivity index is 1.72. The molecular formula is C20H27N5O2. The van der Waals surface area contributed by atoms with Crippen molar-refractivity contribution in [3.8, 4) is 0 Å². The molecule has 3 rings (SSSR count). The lowest BCUT2D eigenvalue weighted by molar-refractivity contribution is -0.0756. The molecular weight excluding hydrogens is 342 g/mol. The Morgan fingerprint density at radius 1 is 1.11 bits per heavy atom. The lowest BCUT2D eigenvalue weighted by Crippen LogP contribution is -2.44. The monoisotopic (exact) mass is 369 g/mol. The molecule has 1 fully saturated rings. The number of anilines is 4. The van der Waals surface area contributed by atoms with Gasteiger partial charge in [-0.15, -0.1) is 0 Å². The normalized spacial score (nSPS) is 14.9. The fourth-order valence-electron chi connectivity index (χ4n) is 3.04. The van der Waals surface area contributed by atoms with Crippen molar-refractivity contribution in [2.24, 2.45) is 0 Å². The maximum Gasteiger partial charge on any atom is 0.277 e. The number of benzene rings is 2. The molecule has 2 aromatic carbocycles. The molecule has 0 aliphatic carbocycles. The molecule has 3 N–H and O–H groups in total. The second kappa shape index (κ2) is 8.28. The number of piperazine rings is 1. The van der Waals surface area contributed by atoms with Gasteiger partial charge in [0.25, 0.3) is 5.91 Å². The number of carbonyl (C=O) groups is 1. The number of hydrogen-bond donors (Lipinski definition) is 2. The molecule has 1 heterocycles. The molecule has 0 bridgehead atoms. The molecule has 1 amide bonds. The quantitative estimate of drug-likeness (QED) is 0.623. The first-order valence-electron chi connectivity index (χ1n) is 9.00. The maximum atomic E-state index is 12.3. The van der Waals surface area contributed by atoms with Crippen LogP contribution in [0, 0.1) is 0 Å². The van der Waals surface area contributed by atoms with Gasteiger partial charge in [-0.3, -0.25) is 9.63 Å². The van der Waals surface area contributed by atoms with E-state index in [1.165, 1.54) is 17.9 Å². The molecule has 1 aliphatic heterocycles. The molecule has 7 heteroatoms. The molecule has 0 saturated carbocycles. The molecule has 0 atom stereocenters. The van der Waals surface area contributed by atoms with Crippen molar-refractivity contribution in [1.82, 2.24) is 9.96 Å². The minimum atomic E-state index is -0.231. The summed E-state index contributed by atoms with van der Waals surface area (Å²) in [6.45, 7) is 4.22. The Labute approximate surface area is 160 Å². The topological polar surface area (TPSA) is 74.1 Å². The summed E-state index contributed by atoms with van der Waals surface area (Å²) in [6, 6.07) is 13.4. The fourth-order valence-corrected chi connectivity index (χ4v) is 3.04. The summed E-state index contributed by atoms with van der Waals surface area (Å²) in [6.07, 6.45) is 0. The summed E-state index contributed by atoms with van der Waals surface area (Å²) in [4.78, 5) is 21.9. The van der Waals surface area contributed by atoms with Crippen molar-refractivity contribution in [1.29, 1.82) is 0 Å². The predicted octanol–water partition coefficient (Wildman–Crippen LogP) is 2.40. The van der Waals surface area contributed by atoms with Crippen LogP contribution < -0.4 is 16.0 Å². The molecule has 144 valence electrons. The second-order valence-corrected chi connectivity index (χ2v) is 6.75. The van der Waals surface area contributed by atoms with Gasteiger partial charge in [0, 0.05) is 50.2 Å². The lowest BCUT2D eigenvalue weighted by Gasteiger charge is -2.34. The standard InChI is InChI=1S/C20H27N5O2/c1-23-10-12-25(13-11-23)17-7-5-16(6-8-17)22-19-14-15(4-9-18(19)21)20(26)24(2)27-3/h4-9,14,22H,10-13,21H2,1-3H3. The molecule has 0 unspecified atom stereocenters. The van der Waals surface area contributed by atoms with Gasteiger partial charge < -0.3 is 20.9 Å². The zero-order chi connectivity index (χ0) is 19.4. The number of likely N-dealkylation sites (N-methyl/N-ethyl adjacent to an activating group) is 1. The largest absolute Gasteiger partial charge is 0.397 e. The molecule has 7 nitrogen and oxygen atoms in total. The highest BCUT2D eigenvalue weighted by Crippen LogP contribution is 2.27. The van der Waals surface area contributed by atoms with Gasteiger partial charge in [0.2, 0.25) is 0 Å². The summed E-state index contributed by atoms with van der Waals surface area (Å²) in [5.41, 5.74) is 9.99. The third kappa shape index (κ3) is 4.50. The average molecular weight is 369 g/mol. The number of hydrogen-bond acceptors (Lipinski definition) is 6. The van der Waals surface area contributed by atoms with Crippen molar-refractivity contribution < 1.29 is 9.63 Å². The van der Waals surface area contributed by atoms with Gasteiger partial charge in [-0.25, -0.2) is 5.06 Å². The van der Waals surface area contributed by atoms with Crippen molar-refractivity contribution >= 4 is 28.7 Å². The van der Waals surface area contributed by atoms with E-state index in [0.717, 1.165) is 31.9 Å². The summed E-state index contributed by atoms with van der Waals surface area (Å²) in [5.74, 6) is -0.231. The predicted molar refractivity (Wildman–Crippen MR) is 109 cm³/mol. The van der Waals surface area contributed by atoms with Gasteiger partial charge in [-0.1, -0.05) is 0 Å². The van der Waals surface area contributed by atoms with E-state index in [9.17, 15) is 4.79 Å². The minimum Gasteiger partial charge on any atom is -0.397 e. The van der Waals surface area contributed by atoms with E-state index >= 15 is 0 Å².